The van der Waals surface area contributed by atoms with Gasteiger partial charge in [-0.15, -0.1) is 0 Å². The van der Waals surface area contributed by atoms with Crippen LogP contribution in [0.2, 0.25) is 0 Å². The molecule has 0 aliphatic carbocycles. The molecular formula is C19H26FN5O2. The van der Waals surface area contributed by atoms with Crippen LogP contribution in [-0.2, 0) is 11.3 Å². The molecule has 0 radical (unpaired) electrons. The average molecular weight is 375 g/mol. The van der Waals surface area contributed by atoms with E-state index >= 15 is 0 Å². The average Bonchev–Trinajstić information content (AvgIpc) is 3.06. The summed E-state index contributed by atoms with van der Waals surface area (Å²) in [5.74, 6) is -0.226. The molecule has 0 spiro atoms. The fourth-order valence-corrected chi connectivity index (χ4v) is 3.51. The minimum Gasteiger partial charge on any atom is -0.338 e. The van der Waals surface area contributed by atoms with Gasteiger partial charge in [-0.3, -0.25) is 20.0 Å². The lowest BCUT2D eigenvalue weighted by Gasteiger charge is -2.40. The Morgan fingerprint density at radius 3 is 2.59 bits per heavy atom. The van der Waals surface area contributed by atoms with Gasteiger partial charge in [-0.1, -0.05) is 29.8 Å². The van der Waals surface area contributed by atoms with Crippen molar-refractivity contribution in [2.24, 2.45) is 0 Å². The number of amidine groups is 1. The van der Waals surface area contributed by atoms with Crippen molar-refractivity contribution in [3.05, 3.63) is 35.4 Å². The smallest absolute Gasteiger partial charge is 0.323 e. The Labute approximate surface area is 158 Å². The number of halogens is 1. The Hall–Kier alpha value is -2.48. The van der Waals surface area contributed by atoms with Crippen molar-refractivity contribution in [1.82, 2.24) is 20.0 Å². The number of carbonyl (C=O) groups excluding carboxylic acids is 2. The van der Waals surface area contributed by atoms with Crippen molar-refractivity contribution in [2.45, 2.75) is 32.1 Å². The number of nitrogens with one attached hydrogen (secondary N) is 2. The third kappa shape index (κ3) is 4.44. The van der Waals surface area contributed by atoms with Gasteiger partial charge < -0.3 is 10.2 Å². The summed E-state index contributed by atoms with van der Waals surface area (Å²) < 4.78 is 13.5. The predicted molar refractivity (Wildman–Crippen MR) is 100 cm³/mol. The maximum atomic E-state index is 13.5. The van der Waals surface area contributed by atoms with Gasteiger partial charge in [0.1, 0.15) is 18.0 Å². The number of hydrogen-bond donors (Lipinski definition) is 2. The van der Waals surface area contributed by atoms with Gasteiger partial charge >= 0.3 is 6.03 Å². The first-order chi connectivity index (χ1) is 12.8. The van der Waals surface area contributed by atoms with Crippen LogP contribution in [0.5, 0.6) is 0 Å². The quantitative estimate of drug-likeness (QED) is 0.837. The fraction of sp³-hybridized carbons (Fsp3) is 0.526. The first-order valence-corrected chi connectivity index (χ1v) is 9.16. The van der Waals surface area contributed by atoms with E-state index in [-0.39, 0.29) is 24.8 Å². The Balaban J connectivity index is 1.70. The Bertz CT molecular complexity index is 723. The molecule has 8 heteroatoms. The third-order valence-corrected chi connectivity index (χ3v) is 5.02. The molecule has 2 heterocycles. The Morgan fingerprint density at radius 2 is 1.96 bits per heavy atom. The third-order valence-electron chi connectivity index (χ3n) is 5.02. The first kappa shape index (κ1) is 19.3. The monoisotopic (exact) mass is 375 g/mol. The molecule has 2 unspecified atom stereocenters. The number of piperazine rings is 1. The van der Waals surface area contributed by atoms with Crippen molar-refractivity contribution in [2.75, 3.05) is 33.2 Å². The van der Waals surface area contributed by atoms with Crippen LogP contribution in [0.25, 0.3) is 0 Å². The number of benzene rings is 1. The molecule has 2 fully saturated rings. The zero-order chi connectivity index (χ0) is 19.6. The Kier molecular flexibility index (Phi) is 5.74. The molecule has 0 saturated carbocycles. The summed E-state index contributed by atoms with van der Waals surface area (Å²) in [5, 5.41) is 11.0. The standard InChI is InChI=1S/C19H26FN5O2/c1-13-3-5-14(6-4-13)9-22-19(27)25-16(11-23(2)12-17(25)21)18(26)24-8-7-15(20)10-24/h3-6,15-16,21H,7-12H2,1-2H3,(H,22,27). The molecule has 7 nitrogen and oxygen atoms in total. The fourth-order valence-electron chi connectivity index (χ4n) is 3.51. The second kappa shape index (κ2) is 8.04. The van der Waals surface area contributed by atoms with Gasteiger partial charge in [0.15, 0.2) is 0 Å². The van der Waals surface area contributed by atoms with Crippen molar-refractivity contribution in [3.63, 3.8) is 0 Å². The molecule has 2 aliphatic rings. The van der Waals surface area contributed by atoms with Crippen LogP contribution in [0.4, 0.5) is 9.18 Å². The predicted octanol–water partition coefficient (Wildman–Crippen LogP) is 1.37. The minimum absolute atomic E-state index is 0.0607. The minimum atomic E-state index is -1.02. The first-order valence-electron chi connectivity index (χ1n) is 9.16. The van der Waals surface area contributed by atoms with Crippen LogP contribution in [0.3, 0.4) is 0 Å². The highest BCUT2D eigenvalue weighted by molar-refractivity contribution is 6.02. The number of carbonyl (C=O) groups is 2. The van der Waals surface area contributed by atoms with Crippen LogP contribution < -0.4 is 5.32 Å². The second-order valence-corrected chi connectivity index (χ2v) is 7.34. The van der Waals surface area contributed by atoms with Crippen LogP contribution in [0.15, 0.2) is 24.3 Å². The summed E-state index contributed by atoms with van der Waals surface area (Å²) in [7, 11) is 1.80. The van der Waals surface area contributed by atoms with Crippen molar-refractivity contribution in [3.8, 4) is 0 Å². The number of aryl methyl sites for hydroxylation is 1. The number of hydrogen-bond acceptors (Lipinski definition) is 4. The summed E-state index contributed by atoms with van der Waals surface area (Å²) in [6.45, 7) is 3.33. The number of urea groups is 1. The van der Waals surface area contributed by atoms with Gasteiger partial charge in [-0.2, -0.15) is 0 Å². The molecule has 1 aromatic carbocycles. The van der Waals surface area contributed by atoms with Crippen LogP contribution in [0, 0.1) is 12.3 Å². The zero-order valence-electron chi connectivity index (χ0n) is 15.7. The van der Waals surface area contributed by atoms with Crippen molar-refractivity contribution in [1.29, 1.82) is 5.41 Å². The summed E-state index contributed by atoms with van der Waals surface area (Å²) in [4.78, 5) is 30.2. The molecule has 2 saturated heterocycles. The van der Waals surface area contributed by atoms with Gasteiger partial charge in [-0.05, 0) is 26.0 Å². The van der Waals surface area contributed by atoms with Crippen LogP contribution in [0.1, 0.15) is 17.5 Å². The molecular weight excluding hydrogens is 349 g/mol. The molecule has 3 rings (SSSR count). The van der Waals surface area contributed by atoms with Crippen molar-refractivity contribution < 1.29 is 14.0 Å². The molecule has 2 N–H and O–H groups in total. The lowest BCUT2D eigenvalue weighted by atomic mass is 10.1. The lowest BCUT2D eigenvalue weighted by Crippen LogP contribution is -2.64. The van der Waals surface area contributed by atoms with E-state index in [1.807, 2.05) is 36.1 Å². The van der Waals surface area contributed by atoms with Crippen LogP contribution >= 0.6 is 0 Å². The van der Waals surface area contributed by atoms with Gasteiger partial charge in [-0.25, -0.2) is 9.18 Å². The van der Waals surface area contributed by atoms with E-state index in [1.165, 1.54) is 9.80 Å². The van der Waals surface area contributed by atoms with E-state index in [0.29, 0.717) is 26.1 Å². The van der Waals surface area contributed by atoms with E-state index in [2.05, 4.69) is 5.32 Å². The summed E-state index contributed by atoms with van der Waals surface area (Å²) >= 11 is 0. The summed E-state index contributed by atoms with van der Waals surface area (Å²) in [5.41, 5.74) is 2.07. The maximum absolute atomic E-state index is 13.5. The molecule has 1 aromatic rings. The van der Waals surface area contributed by atoms with Gasteiger partial charge in [0.05, 0.1) is 13.1 Å². The highest BCUT2D eigenvalue weighted by Gasteiger charge is 2.41. The summed E-state index contributed by atoms with van der Waals surface area (Å²) in [6.07, 6.45) is -0.690. The molecule has 27 heavy (non-hydrogen) atoms. The van der Waals surface area contributed by atoms with E-state index in [0.717, 1.165) is 11.1 Å². The molecule has 146 valence electrons. The molecule has 2 atom stereocenters. The number of likely N-dealkylation sites (tertiary alicyclic amines) is 1. The highest BCUT2D eigenvalue weighted by Crippen LogP contribution is 2.19. The normalized spacial score (nSPS) is 23.6. The number of likely N-dealkylation sites (N-methyl/N-ethyl adjacent to an activating group) is 1. The number of nitrogens with zero attached hydrogens (tertiary/aromatic N) is 3. The van der Waals surface area contributed by atoms with E-state index in [1.54, 1.807) is 7.05 Å². The Morgan fingerprint density at radius 1 is 1.26 bits per heavy atom. The zero-order valence-corrected chi connectivity index (χ0v) is 15.7. The van der Waals surface area contributed by atoms with E-state index < -0.39 is 18.2 Å². The van der Waals surface area contributed by atoms with Gasteiger partial charge in [0.25, 0.3) is 0 Å². The van der Waals surface area contributed by atoms with Crippen LogP contribution in [-0.4, -0.2) is 77.9 Å². The van der Waals surface area contributed by atoms with Gasteiger partial charge in [0, 0.05) is 19.6 Å². The van der Waals surface area contributed by atoms with E-state index in [4.69, 9.17) is 5.41 Å². The topological polar surface area (TPSA) is 79.7 Å². The van der Waals surface area contributed by atoms with Gasteiger partial charge in [0.2, 0.25) is 5.91 Å². The highest BCUT2D eigenvalue weighted by atomic mass is 19.1. The molecule has 2 aliphatic heterocycles. The van der Waals surface area contributed by atoms with E-state index in [9.17, 15) is 14.0 Å². The van der Waals surface area contributed by atoms with Crippen molar-refractivity contribution >= 4 is 17.8 Å². The second-order valence-electron chi connectivity index (χ2n) is 7.34. The SMILES string of the molecule is Cc1ccc(CNC(=O)N2C(=N)CN(C)CC2C(=O)N2CCC(F)C2)cc1. The summed E-state index contributed by atoms with van der Waals surface area (Å²) in [6, 6.07) is 6.51. The largest absolute Gasteiger partial charge is 0.338 e. The number of amides is 3. The molecule has 0 aromatic heterocycles. The maximum Gasteiger partial charge on any atom is 0.323 e. The number of alkyl halides is 1. The lowest BCUT2D eigenvalue weighted by molar-refractivity contribution is -0.135. The molecule has 3 amide bonds. The number of rotatable bonds is 3. The molecule has 0 bridgehead atoms.